The molecule has 116 valence electrons. The topological polar surface area (TPSA) is 60.9 Å². The van der Waals surface area contributed by atoms with Crippen molar-refractivity contribution >= 4 is 17.5 Å². The Kier molecular flexibility index (Phi) is 4.15. The minimum Gasteiger partial charge on any atom is -0.276 e. The van der Waals surface area contributed by atoms with Crippen LogP contribution in [0, 0.1) is 20.8 Å². The highest BCUT2D eigenvalue weighted by Gasteiger charge is 2.11. The summed E-state index contributed by atoms with van der Waals surface area (Å²) in [6, 6.07) is 0. The van der Waals surface area contributed by atoms with Gasteiger partial charge < -0.3 is 0 Å². The highest BCUT2D eigenvalue weighted by molar-refractivity contribution is 7.99. The lowest BCUT2D eigenvalue weighted by Gasteiger charge is -2.04. The van der Waals surface area contributed by atoms with Crippen LogP contribution in [0.15, 0.2) is 17.6 Å². The summed E-state index contributed by atoms with van der Waals surface area (Å²) in [6.07, 6.45) is 6.10. The average molecular weight is 316 g/mol. The van der Waals surface area contributed by atoms with Crippen molar-refractivity contribution in [3.63, 3.8) is 0 Å². The first kappa shape index (κ1) is 15.0. The van der Waals surface area contributed by atoms with Crippen LogP contribution >= 0.6 is 11.8 Å². The lowest BCUT2D eigenvalue weighted by Crippen LogP contribution is -2.02. The lowest BCUT2D eigenvalue weighted by molar-refractivity contribution is 0.766. The third-order valence-electron chi connectivity index (χ3n) is 3.84. The molecular weight excluding hydrogens is 296 g/mol. The van der Waals surface area contributed by atoms with Gasteiger partial charge in [0.15, 0.2) is 0 Å². The Morgan fingerprint density at radius 3 is 2.73 bits per heavy atom. The van der Waals surface area contributed by atoms with Crippen LogP contribution in [-0.2, 0) is 13.5 Å². The van der Waals surface area contributed by atoms with Gasteiger partial charge in [-0.1, -0.05) is 11.8 Å². The van der Waals surface area contributed by atoms with Crippen molar-refractivity contribution in [2.24, 2.45) is 7.05 Å². The van der Waals surface area contributed by atoms with Crippen molar-refractivity contribution in [2.45, 2.75) is 38.8 Å². The fourth-order valence-electron chi connectivity index (χ4n) is 2.34. The third kappa shape index (κ3) is 2.99. The molecule has 3 heterocycles. The van der Waals surface area contributed by atoms with Crippen molar-refractivity contribution in [3.05, 3.63) is 34.9 Å². The molecule has 0 N–H and O–H groups in total. The number of aromatic nitrogens is 6. The Hall–Kier alpha value is -1.89. The Morgan fingerprint density at radius 1 is 1.18 bits per heavy atom. The first-order chi connectivity index (χ1) is 10.5. The predicted octanol–water partition coefficient (Wildman–Crippen LogP) is 2.51. The van der Waals surface area contributed by atoms with Crippen LogP contribution in [0.2, 0.25) is 0 Å². The lowest BCUT2D eigenvalue weighted by atomic mass is 10.2. The normalized spacial score (nSPS) is 11.5. The molecule has 0 fully saturated rings. The third-order valence-corrected chi connectivity index (χ3v) is 4.76. The molecule has 0 unspecified atom stereocenters. The molecule has 0 spiro atoms. The SMILES string of the molecule is Cc1nc2nc(SCCCc3cnn(C)c3)nn2c(C)c1C. The Balaban J connectivity index is 1.63. The maximum Gasteiger partial charge on any atom is 0.253 e. The molecule has 0 aromatic carbocycles. The standard InChI is InChI=1S/C15H20N6S/c1-10-11(2)17-14-18-15(19-21(14)12(10)3)22-7-5-6-13-8-16-20(4)9-13/h8-9H,5-7H2,1-4H3. The van der Waals surface area contributed by atoms with E-state index in [4.69, 9.17) is 0 Å². The Labute approximate surface area is 134 Å². The zero-order valence-corrected chi connectivity index (χ0v) is 14.2. The number of thioether (sulfide) groups is 1. The quantitative estimate of drug-likeness (QED) is 0.534. The summed E-state index contributed by atoms with van der Waals surface area (Å²) in [5, 5.41) is 9.53. The monoisotopic (exact) mass is 316 g/mol. The van der Waals surface area contributed by atoms with E-state index in [1.54, 1.807) is 11.8 Å². The maximum absolute atomic E-state index is 4.55. The van der Waals surface area contributed by atoms with Crippen LogP contribution in [0.3, 0.4) is 0 Å². The summed E-state index contributed by atoms with van der Waals surface area (Å²) in [4.78, 5) is 9.01. The van der Waals surface area contributed by atoms with Crippen molar-refractivity contribution in [2.75, 3.05) is 5.75 Å². The van der Waals surface area contributed by atoms with Gasteiger partial charge in [-0.05, 0) is 44.7 Å². The van der Waals surface area contributed by atoms with Gasteiger partial charge in [0.05, 0.1) is 6.20 Å². The van der Waals surface area contributed by atoms with E-state index in [1.807, 2.05) is 29.4 Å². The average Bonchev–Trinajstić information content (AvgIpc) is 3.07. The molecule has 7 heteroatoms. The van der Waals surface area contributed by atoms with Crippen molar-refractivity contribution in [1.29, 1.82) is 0 Å². The molecule has 22 heavy (non-hydrogen) atoms. The number of nitrogens with zero attached hydrogens (tertiary/aromatic N) is 6. The zero-order valence-electron chi connectivity index (χ0n) is 13.4. The predicted molar refractivity (Wildman–Crippen MR) is 87.2 cm³/mol. The van der Waals surface area contributed by atoms with Crippen LogP contribution < -0.4 is 0 Å². The molecular formula is C15H20N6S. The smallest absolute Gasteiger partial charge is 0.253 e. The molecule has 0 aliphatic heterocycles. The van der Waals surface area contributed by atoms with Crippen LogP contribution in [-0.4, -0.2) is 35.1 Å². The minimum atomic E-state index is 0.690. The number of hydrogen-bond acceptors (Lipinski definition) is 5. The molecule has 0 saturated carbocycles. The fourth-order valence-corrected chi connectivity index (χ4v) is 3.10. The summed E-state index contributed by atoms with van der Waals surface area (Å²) in [5.74, 6) is 1.68. The van der Waals surface area contributed by atoms with Crippen LogP contribution in [0.25, 0.3) is 5.78 Å². The van der Waals surface area contributed by atoms with Gasteiger partial charge in [0.25, 0.3) is 5.78 Å². The molecule has 0 saturated heterocycles. The molecule has 0 amide bonds. The molecule has 0 bridgehead atoms. The second kappa shape index (κ2) is 6.08. The Bertz CT molecular complexity index is 804. The van der Waals surface area contributed by atoms with Crippen molar-refractivity contribution < 1.29 is 0 Å². The molecule has 6 nitrogen and oxygen atoms in total. The van der Waals surface area contributed by atoms with Gasteiger partial charge in [-0.2, -0.15) is 10.1 Å². The van der Waals surface area contributed by atoms with Crippen molar-refractivity contribution in [1.82, 2.24) is 29.4 Å². The van der Waals surface area contributed by atoms with Crippen LogP contribution in [0.5, 0.6) is 0 Å². The van der Waals surface area contributed by atoms with Gasteiger partial charge in [-0.3, -0.25) is 4.68 Å². The Morgan fingerprint density at radius 2 is 2.00 bits per heavy atom. The van der Waals surface area contributed by atoms with Gasteiger partial charge in [-0.15, -0.1) is 5.10 Å². The number of aryl methyl sites for hydroxylation is 4. The molecule has 0 atom stereocenters. The number of rotatable bonds is 5. The molecule has 3 aromatic rings. The van der Waals surface area contributed by atoms with E-state index in [1.165, 1.54) is 11.1 Å². The molecule has 3 aromatic heterocycles. The van der Waals surface area contributed by atoms with Crippen LogP contribution in [0.4, 0.5) is 0 Å². The van der Waals surface area contributed by atoms with Gasteiger partial charge in [0.1, 0.15) is 0 Å². The maximum atomic E-state index is 4.55. The van der Waals surface area contributed by atoms with E-state index >= 15 is 0 Å². The largest absolute Gasteiger partial charge is 0.276 e. The summed E-state index contributed by atoms with van der Waals surface area (Å²) >= 11 is 1.68. The first-order valence-electron chi connectivity index (χ1n) is 7.35. The summed E-state index contributed by atoms with van der Waals surface area (Å²) in [5.41, 5.74) is 4.57. The highest BCUT2D eigenvalue weighted by atomic mass is 32.2. The van der Waals surface area contributed by atoms with Gasteiger partial charge in [0.2, 0.25) is 5.16 Å². The number of hydrogen-bond donors (Lipinski definition) is 0. The van der Waals surface area contributed by atoms with Crippen molar-refractivity contribution in [3.8, 4) is 0 Å². The second-order valence-electron chi connectivity index (χ2n) is 5.49. The summed E-state index contributed by atoms with van der Waals surface area (Å²) in [6.45, 7) is 6.14. The fraction of sp³-hybridized carbons (Fsp3) is 0.467. The molecule has 0 aliphatic carbocycles. The highest BCUT2D eigenvalue weighted by Crippen LogP contribution is 2.18. The minimum absolute atomic E-state index is 0.690. The molecule has 0 radical (unpaired) electrons. The second-order valence-corrected chi connectivity index (χ2v) is 6.55. The van der Waals surface area contributed by atoms with E-state index in [2.05, 4.69) is 40.2 Å². The summed E-state index contributed by atoms with van der Waals surface area (Å²) < 4.78 is 3.68. The van der Waals surface area contributed by atoms with Gasteiger partial charge in [0, 0.05) is 30.4 Å². The van der Waals surface area contributed by atoms with E-state index in [0.717, 1.165) is 35.1 Å². The van der Waals surface area contributed by atoms with E-state index in [-0.39, 0.29) is 0 Å². The van der Waals surface area contributed by atoms with Gasteiger partial charge >= 0.3 is 0 Å². The molecule has 3 rings (SSSR count). The molecule has 0 aliphatic rings. The summed E-state index contributed by atoms with van der Waals surface area (Å²) in [7, 11) is 1.94. The first-order valence-corrected chi connectivity index (χ1v) is 8.34. The van der Waals surface area contributed by atoms with E-state index in [9.17, 15) is 0 Å². The number of fused-ring (bicyclic) bond motifs is 1. The van der Waals surface area contributed by atoms with E-state index in [0.29, 0.717) is 5.78 Å². The van der Waals surface area contributed by atoms with Crippen LogP contribution in [0.1, 0.15) is 28.9 Å². The zero-order chi connectivity index (χ0) is 15.7. The van der Waals surface area contributed by atoms with E-state index < -0.39 is 0 Å². The van der Waals surface area contributed by atoms with Gasteiger partial charge in [-0.25, -0.2) is 9.50 Å².